The summed E-state index contributed by atoms with van der Waals surface area (Å²) in [4.78, 5) is 19.8. The van der Waals surface area contributed by atoms with Crippen molar-refractivity contribution in [2.75, 3.05) is 7.11 Å². The Morgan fingerprint density at radius 1 is 1.17 bits per heavy atom. The second kappa shape index (κ2) is 7.13. The maximum Gasteiger partial charge on any atom is 0.307 e. The molecular weight excluding hydrogens is 380 g/mol. The van der Waals surface area contributed by atoms with Crippen molar-refractivity contribution < 1.29 is 19.4 Å². The molecule has 0 bridgehead atoms. The van der Waals surface area contributed by atoms with E-state index in [-0.39, 0.29) is 17.8 Å². The third-order valence-corrected chi connectivity index (χ3v) is 6.21. The molecule has 6 heteroatoms. The van der Waals surface area contributed by atoms with Gasteiger partial charge in [-0.2, -0.15) is 0 Å². The highest BCUT2D eigenvalue weighted by atomic mass is 16.5. The van der Waals surface area contributed by atoms with Crippen LogP contribution in [0.5, 0.6) is 11.8 Å². The smallest absolute Gasteiger partial charge is 0.307 e. The quantitative estimate of drug-likeness (QED) is 0.671. The number of methoxy groups -OCH3 is 1. The molecule has 3 unspecified atom stereocenters. The second-order valence-corrected chi connectivity index (χ2v) is 8.00. The molecule has 0 aliphatic heterocycles. The number of hydrogen-bond donors (Lipinski definition) is 1. The molecule has 152 valence electrons. The molecule has 1 fully saturated rings. The molecule has 1 N–H and O–H groups in total. The van der Waals surface area contributed by atoms with Gasteiger partial charge >= 0.3 is 5.97 Å². The van der Waals surface area contributed by atoms with Crippen molar-refractivity contribution in [3.05, 3.63) is 71.0 Å². The average Bonchev–Trinajstić information content (AvgIpc) is 3.36. The van der Waals surface area contributed by atoms with Gasteiger partial charge in [-0.1, -0.05) is 12.1 Å². The summed E-state index contributed by atoms with van der Waals surface area (Å²) in [6.07, 6.45) is 4.33. The Balaban J connectivity index is 1.31. The molecule has 2 aliphatic carbocycles. The number of hydrogen-bond acceptors (Lipinski definition) is 5. The van der Waals surface area contributed by atoms with Gasteiger partial charge in [-0.15, -0.1) is 0 Å². The Morgan fingerprint density at radius 3 is 2.83 bits per heavy atom. The molecule has 6 nitrogen and oxygen atoms in total. The topological polar surface area (TPSA) is 81.5 Å². The van der Waals surface area contributed by atoms with Crippen LogP contribution in [0.1, 0.15) is 28.2 Å². The molecule has 3 aromatic rings. The first-order valence-electron chi connectivity index (χ1n) is 9.99. The Hall–Kier alpha value is -3.41. The van der Waals surface area contributed by atoms with Gasteiger partial charge in [0.15, 0.2) is 0 Å². The molecule has 2 heterocycles. The van der Waals surface area contributed by atoms with Crippen LogP contribution in [0.25, 0.3) is 11.1 Å². The number of fused-ring (bicyclic) bond motifs is 3. The fourth-order valence-corrected chi connectivity index (χ4v) is 4.60. The Bertz CT molecular complexity index is 1140. The van der Waals surface area contributed by atoms with E-state index in [1.165, 1.54) is 5.56 Å². The SMILES string of the molecule is COc1cc(-c2cc(COc3cc4c(cn3)C3C(C4)C3C(=O)O)ccc2C)ccn1. The van der Waals surface area contributed by atoms with Crippen LogP contribution in [0.3, 0.4) is 0 Å². The van der Waals surface area contributed by atoms with Crippen LogP contribution in [0.2, 0.25) is 0 Å². The zero-order chi connectivity index (χ0) is 20.8. The van der Waals surface area contributed by atoms with Crippen LogP contribution in [-0.2, 0) is 17.8 Å². The van der Waals surface area contributed by atoms with Crippen LogP contribution in [0.4, 0.5) is 0 Å². The number of rotatable bonds is 6. The van der Waals surface area contributed by atoms with E-state index in [0.717, 1.165) is 34.2 Å². The number of ether oxygens (including phenoxy) is 2. The van der Waals surface area contributed by atoms with Gasteiger partial charge in [0.1, 0.15) is 6.61 Å². The average molecular weight is 402 g/mol. The van der Waals surface area contributed by atoms with Crippen LogP contribution >= 0.6 is 0 Å². The van der Waals surface area contributed by atoms with Gasteiger partial charge in [0, 0.05) is 30.4 Å². The van der Waals surface area contributed by atoms with Crippen molar-refractivity contribution in [1.82, 2.24) is 9.97 Å². The van der Waals surface area contributed by atoms with Gasteiger partial charge in [-0.25, -0.2) is 9.97 Å². The first-order chi connectivity index (χ1) is 14.5. The fourth-order valence-electron chi connectivity index (χ4n) is 4.60. The molecule has 2 aromatic heterocycles. The van der Waals surface area contributed by atoms with Gasteiger partial charge < -0.3 is 14.6 Å². The first-order valence-corrected chi connectivity index (χ1v) is 9.99. The summed E-state index contributed by atoms with van der Waals surface area (Å²) in [6.45, 7) is 2.48. The minimum absolute atomic E-state index is 0.135. The lowest BCUT2D eigenvalue weighted by Gasteiger charge is -2.12. The summed E-state index contributed by atoms with van der Waals surface area (Å²) in [5.41, 5.74) is 6.60. The third kappa shape index (κ3) is 3.18. The van der Waals surface area contributed by atoms with E-state index in [4.69, 9.17) is 9.47 Å². The highest BCUT2D eigenvalue weighted by molar-refractivity contribution is 5.77. The monoisotopic (exact) mass is 402 g/mol. The van der Waals surface area contributed by atoms with E-state index >= 15 is 0 Å². The zero-order valence-corrected chi connectivity index (χ0v) is 16.8. The van der Waals surface area contributed by atoms with E-state index in [9.17, 15) is 9.90 Å². The van der Waals surface area contributed by atoms with Crippen molar-refractivity contribution in [3.8, 4) is 22.9 Å². The van der Waals surface area contributed by atoms with Crippen LogP contribution in [-0.4, -0.2) is 28.2 Å². The standard InChI is InChI=1S/C24H22N2O4/c1-13-3-4-14(7-17(13)15-5-6-25-20(9-15)29-2)12-30-21-10-16-8-18-22(19(16)11-26-21)23(18)24(27)28/h3-7,9-11,18,22-23H,8,12H2,1-2H3,(H,27,28). The number of aryl methyl sites for hydroxylation is 1. The molecule has 30 heavy (non-hydrogen) atoms. The molecule has 0 saturated heterocycles. The second-order valence-electron chi connectivity index (χ2n) is 8.00. The van der Waals surface area contributed by atoms with E-state index in [2.05, 4.69) is 35.1 Å². The summed E-state index contributed by atoms with van der Waals surface area (Å²) in [5, 5.41) is 9.25. The van der Waals surface area contributed by atoms with Crippen LogP contribution in [0.15, 0.2) is 48.8 Å². The van der Waals surface area contributed by atoms with Gasteiger partial charge in [-0.3, -0.25) is 4.79 Å². The number of carbonyl (C=O) groups is 1. The highest BCUT2D eigenvalue weighted by Gasteiger charge is 2.59. The van der Waals surface area contributed by atoms with Crippen LogP contribution in [0, 0.1) is 18.8 Å². The molecule has 2 aliphatic rings. The van der Waals surface area contributed by atoms with E-state index in [1.54, 1.807) is 19.5 Å². The minimum Gasteiger partial charge on any atom is -0.481 e. The van der Waals surface area contributed by atoms with Crippen LogP contribution < -0.4 is 9.47 Å². The van der Waals surface area contributed by atoms with Crippen molar-refractivity contribution in [2.24, 2.45) is 11.8 Å². The minimum atomic E-state index is -0.696. The van der Waals surface area contributed by atoms with Crippen molar-refractivity contribution in [1.29, 1.82) is 0 Å². The van der Waals surface area contributed by atoms with E-state index in [0.29, 0.717) is 18.4 Å². The van der Waals surface area contributed by atoms with E-state index < -0.39 is 5.97 Å². The Labute approximate surface area is 174 Å². The number of nitrogens with zero attached hydrogens (tertiary/aromatic N) is 2. The molecule has 0 amide bonds. The van der Waals surface area contributed by atoms with E-state index in [1.807, 2.05) is 18.2 Å². The largest absolute Gasteiger partial charge is 0.481 e. The molecule has 1 aromatic carbocycles. The number of pyridine rings is 2. The predicted molar refractivity (Wildman–Crippen MR) is 111 cm³/mol. The maximum absolute atomic E-state index is 11.2. The lowest BCUT2D eigenvalue weighted by Crippen LogP contribution is -2.06. The molecule has 3 atom stereocenters. The zero-order valence-electron chi connectivity index (χ0n) is 16.8. The lowest BCUT2D eigenvalue weighted by molar-refractivity contribution is -0.139. The first kappa shape index (κ1) is 18.6. The predicted octanol–water partition coefficient (Wildman–Crippen LogP) is 4.01. The van der Waals surface area contributed by atoms with Gasteiger partial charge in [0.25, 0.3) is 0 Å². The number of carboxylic acids is 1. The highest BCUT2D eigenvalue weighted by Crippen LogP contribution is 2.61. The van der Waals surface area contributed by atoms with Gasteiger partial charge in [0.2, 0.25) is 11.8 Å². The van der Waals surface area contributed by atoms with Crippen molar-refractivity contribution >= 4 is 5.97 Å². The summed E-state index contributed by atoms with van der Waals surface area (Å²) < 4.78 is 11.2. The molecule has 5 rings (SSSR count). The van der Waals surface area contributed by atoms with Crippen molar-refractivity contribution in [2.45, 2.75) is 25.9 Å². The molecule has 0 spiro atoms. The third-order valence-electron chi connectivity index (χ3n) is 6.21. The van der Waals surface area contributed by atoms with Gasteiger partial charge in [0.05, 0.1) is 13.0 Å². The van der Waals surface area contributed by atoms with Crippen molar-refractivity contribution in [3.63, 3.8) is 0 Å². The number of carboxylic acid groups (broad SMARTS) is 1. The molecule has 1 saturated carbocycles. The summed E-state index contributed by atoms with van der Waals surface area (Å²) in [6, 6.07) is 12.1. The number of benzene rings is 1. The lowest BCUT2D eigenvalue weighted by atomic mass is 9.99. The number of aromatic nitrogens is 2. The number of aliphatic carboxylic acids is 1. The van der Waals surface area contributed by atoms with Gasteiger partial charge in [-0.05, 0) is 64.8 Å². The Kier molecular flexibility index (Phi) is 4.42. The summed E-state index contributed by atoms with van der Waals surface area (Å²) >= 11 is 0. The maximum atomic E-state index is 11.2. The Morgan fingerprint density at radius 2 is 2.03 bits per heavy atom. The molecular formula is C24H22N2O4. The summed E-state index contributed by atoms with van der Waals surface area (Å²) in [7, 11) is 1.61. The summed E-state index contributed by atoms with van der Waals surface area (Å²) in [5.74, 6) is 0.596. The normalized spacial score (nSPS) is 20.9. The fraction of sp³-hybridized carbons (Fsp3) is 0.292. The molecule has 0 radical (unpaired) electrons.